The third-order valence-corrected chi connectivity index (χ3v) is 19.0. The van der Waals surface area contributed by atoms with E-state index in [-0.39, 0.29) is 76.3 Å². The van der Waals surface area contributed by atoms with E-state index < -0.39 is 57.8 Å². The molecular weight excluding hydrogens is 772 g/mol. The molecule has 5 fully saturated rings. The average Bonchev–Trinajstić information content (AvgIpc) is 3.69. The maximum atomic E-state index is 14.1. The van der Waals surface area contributed by atoms with Crippen LogP contribution in [0.5, 0.6) is 0 Å². The molecule has 8 nitrogen and oxygen atoms in total. The third-order valence-electron chi connectivity index (χ3n) is 19.0. The molecule has 1 amide bonds. The predicted molar refractivity (Wildman–Crippen MR) is 218 cm³/mol. The molecule has 0 radical (unpaired) electrons. The van der Waals surface area contributed by atoms with Crippen molar-refractivity contribution in [2.75, 3.05) is 6.54 Å². The molecule has 7 aliphatic carbocycles. The number of allylic oxidation sites excluding steroid dienone is 1. The van der Waals surface area contributed by atoms with Gasteiger partial charge in [0, 0.05) is 34.8 Å². The number of ketones is 1. The molecule has 5 saturated carbocycles. The number of alkyl halides is 3. The lowest BCUT2D eigenvalue weighted by atomic mass is 9.29. The summed E-state index contributed by atoms with van der Waals surface area (Å²) < 4.78 is 46.0. The number of ether oxygens (including phenoxy) is 1. The first-order valence-electron chi connectivity index (χ1n) is 22.1. The van der Waals surface area contributed by atoms with E-state index in [9.17, 15) is 42.6 Å². The molecule has 0 bridgehead atoms. The number of aliphatic carboxylic acids is 1. The highest BCUT2D eigenvalue weighted by molar-refractivity contribution is 6.01. The largest absolute Gasteiger partial charge is 0.481 e. The number of carbonyl (C=O) groups is 4. The van der Waals surface area contributed by atoms with Crippen LogP contribution in [0.3, 0.4) is 0 Å². The Bertz CT molecular complexity index is 2120. The molecule has 0 aromatic heterocycles. The Kier molecular flexibility index (Phi) is 9.78. The third kappa shape index (κ3) is 5.58. The number of carboxylic acids is 1. The summed E-state index contributed by atoms with van der Waals surface area (Å²) in [5.41, 5.74) is 1.79. The van der Waals surface area contributed by atoms with Crippen LogP contribution >= 0.6 is 0 Å². The lowest BCUT2D eigenvalue weighted by Gasteiger charge is -2.74. The summed E-state index contributed by atoms with van der Waals surface area (Å²) in [4.78, 5) is 53.0. The van der Waals surface area contributed by atoms with Crippen LogP contribution in [0.25, 0.3) is 0 Å². The van der Waals surface area contributed by atoms with Gasteiger partial charge in [-0.2, -0.15) is 13.2 Å². The number of aliphatic hydroxyl groups is 1. The zero-order valence-electron chi connectivity index (χ0n) is 36.4. The molecule has 60 heavy (non-hydrogen) atoms. The van der Waals surface area contributed by atoms with Gasteiger partial charge in [0.05, 0.1) is 23.5 Å². The number of Topliss-reactive ketones (excluding diaryl/α,β-unsaturated/α-hetero) is 1. The van der Waals surface area contributed by atoms with Gasteiger partial charge in [-0.05, 0) is 139 Å². The second-order valence-corrected chi connectivity index (χ2v) is 21.6. The number of halogens is 3. The lowest BCUT2D eigenvalue weighted by Crippen LogP contribution is -2.70. The smallest absolute Gasteiger partial charge is 0.416 e. The van der Waals surface area contributed by atoms with Gasteiger partial charge in [0.25, 0.3) is 5.91 Å². The molecule has 0 unspecified atom stereocenters. The summed E-state index contributed by atoms with van der Waals surface area (Å²) >= 11 is 0. The van der Waals surface area contributed by atoms with Crippen LogP contribution in [0, 0.1) is 67.5 Å². The number of nitrogens with one attached hydrogen (secondary N) is 1. The van der Waals surface area contributed by atoms with E-state index in [0.717, 1.165) is 73.9 Å². The first-order chi connectivity index (χ1) is 27.8. The van der Waals surface area contributed by atoms with E-state index in [0.29, 0.717) is 18.8 Å². The Labute approximate surface area is 351 Å². The van der Waals surface area contributed by atoms with Crippen LogP contribution in [0.4, 0.5) is 13.2 Å². The summed E-state index contributed by atoms with van der Waals surface area (Å²) in [5.74, 6) is -2.46. The molecule has 11 heteroatoms. The lowest BCUT2D eigenvalue weighted by molar-refractivity contribution is -0.255. The summed E-state index contributed by atoms with van der Waals surface area (Å²) in [6.45, 7) is 17.2. The molecule has 0 aliphatic heterocycles. The first kappa shape index (κ1) is 43.0. The first-order valence-corrected chi connectivity index (χ1v) is 22.1. The van der Waals surface area contributed by atoms with Gasteiger partial charge in [0.2, 0.25) is 0 Å². The van der Waals surface area contributed by atoms with E-state index in [1.165, 1.54) is 0 Å². The van der Waals surface area contributed by atoms with Gasteiger partial charge < -0.3 is 20.3 Å². The number of hydrogen-bond acceptors (Lipinski definition) is 6. The van der Waals surface area contributed by atoms with Gasteiger partial charge >= 0.3 is 18.1 Å². The van der Waals surface area contributed by atoms with Crippen molar-refractivity contribution in [3.05, 3.63) is 64.4 Å². The van der Waals surface area contributed by atoms with Crippen LogP contribution in [-0.4, -0.2) is 52.6 Å². The quantitative estimate of drug-likeness (QED) is 0.176. The zero-order valence-corrected chi connectivity index (χ0v) is 36.4. The number of carbonyl (C=O) groups excluding carboxylic acids is 3. The number of benzene rings is 1. The minimum Gasteiger partial charge on any atom is -0.481 e. The standard InChI is InChI=1S/C49H62F3NO7/c1-27(2)37-33(54)25-47(35(55)26-53-39(56)28-10-12-29(13-11-28)49(50,51)52)22-20-43(5)30(38(37)47)14-15-34-44(43,6)21-23-48-18-9-17-46(48,8)36(16-19-45(34,48)7)60-41(59)32-24-31(40(57)58)42(32,3)4/h10-13,17-18,27,30-32,34-36,55H,14-16,19-26H2,1-8H3,(H,53,56)(H,57,58)/t30-,31+,32-,34+,35+,36+,43-,44-,45-,46-,47+,48-/m1/s1. The van der Waals surface area contributed by atoms with E-state index in [4.69, 9.17) is 4.74 Å². The van der Waals surface area contributed by atoms with Crippen LogP contribution < -0.4 is 5.32 Å². The summed E-state index contributed by atoms with van der Waals surface area (Å²) in [7, 11) is 0. The SMILES string of the molecule is CC(C)C1=C2[C@H]3CC[C@@H]4[C@@]5(C)CC[C@H](OC(=O)[C@H]6C[C@@H](C(=O)O)C6(C)C)[C@@]6(C)C=C=C[C@]65CC[C@@]4(C)[C@]3(C)CC[C@@]2([C@@H](O)CNC(=O)c2ccc(C(F)(F)F)cc2)CC1=O. The fraction of sp³-hybridized carbons (Fsp3) is 0.694. The molecule has 326 valence electrons. The van der Waals surface area contributed by atoms with Gasteiger partial charge in [-0.25, -0.2) is 0 Å². The fourth-order valence-electron chi connectivity index (χ4n) is 15.2. The monoisotopic (exact) mass is 833 g/mol. The van der Waals surface area contributed by atoms with Crippen molar-refractivity contribution in [2.24, 2.45) is 67.5 Å². The van der Waals surface area contributed by atoms with Crippen LogP contribution in [0.15, 0.2) is 53.3 Å². The van der Waals surface area contributed by atoms with Crippen LogP contribution in [-0.2, 0) is 25.3 Å². The number of hydrogen-bond donors (Lipinski definition) is 3. The maximum Gasteiger partial charge on any atom is 0.416 e. The highest BCUT2D eigenvalue weighted by Crippen LogP contribution is 2.81. The molecule has 0 saturated heterocycles. The second kappa shape index (κ2) is 13.7. The molecule has 1 aromatic rings. The number of amides is 1. The second-order valence-electron chi connectivity index (χ2n) is 21.6. The molecule has 0 heterocycles. The van der Waals surface area contributed by atoms with Crippen molar-refractivity contribution >= 4 is 23.6 Å². The van der Waals surface area contributed by atoms with Gasteiger partial charge in [0.15, 0.2) is 5.78 Å². The number of aliphatic hydroxyl groups excluding tert-OH is 1. The van der Waals surface area contributed by atoms with Crippen molar-refractivity contribution in [2.45, 2.75) is 138 Å². The van der Waals surface area contributed by atoms with E-state index in [2.05, 4.69) is 50.9 Å². The molecule has 7 aliphatic rings. The Morgan fingerprint density at radius 2 is 1.55 bits per heavy atom. The van der Waals surface area contributed by atoms with Gasteiger partial charge in [-0.1, -0.05) is 61.0 Å². The van der Waals surface area contributed by atoms with Crippen molar-refractivity contribution in [3.63, 3.8) is 0 Å². The Morgan fingerprint density at radius 3 is 2.17 bits per heavy atom. The van der Waals surface area contributed by atoms with Crippen molar-refractivity contribution in [1.82, 2.24) is 5.32 Å². The van der Waals surface area contributed by atoms with Crippen molar-refractivity contribution < 1.29 is 47.3 Å². The topological polar surface area (TPSA) is 130 Å². The summed E-state index contributed by atoms with van der Waals surface area (Å²) in [5, 5.41) is 24.7. The Morgan fingerprint density at radius 1 is 0.883 bits per heavy atom. The molecule has 12 atom stereocenters. The van der Waals surface area contributed by atoms with E-state index >= 15 is 0 Å². The molecule has 3 N–H and O–H groups in total. The van der Waals surface area contributed by atoms with Crippen LogP contribution in [0.1, 0.15) is 136 Å². The highest BCUT2D eigenvalue weighted by atomic mass is 19.4. The van der Waals surface area contributed by atoms with Crippen molar-refractivity contribution in [1.29, 1.82) is 0 Å². The molecule has 1 spiro atoms. The zero-order chi connectivity index (χ0) is 43.8. The fourth-order valence-corrected chi connectivity index (χ4v) is 15.2. The predicted octanol–water partition coefficient (Wildman–Crippen LogP) is 9.51. The Balaban J connectivity index is 1.06. The summed E-state index contributed by atoms with van der Waals surface area (Å²) in [6.07, 6.45) is 5.43. The molecular formula is C49H62F3NO7. The summed E-state index contributed by atoms with van der Waals surface area (Å²) in [6, 6.07) is 4.02. The minimum absolute atomic E-state index is 0.0376. The number of esters is 1. The van der Waals surface area contributed by atoms with Crippen LogP contribution in [0.2, 0.25) is 0 Å². The average molecular weight is 834 g/mol. The maximum absolute atomic E-state index is 14.1. The normalized spacial score (nSPS) is 41.7. The van der Waals surface area contributed by atoms with E-state index in [1.807, 2.05) is 27.7 Å². The Hall–Kier alpha value is -3.69. The minimum atomic E-state index is -4.52. The highest BCUT2D eigenvalue weighted by Gasteiger charge is 2.75. The molecule has 1 aromatic carbocycles. The van der Waals surface area contributed by atoms with Gasteiger partial charge in [0.1, 0.15) is 6.10 Å². The number of carboxylic acid groups (broad SMARTS) is 1. The number of fused-ring (bicyclic) bond motifs is 6. The van der Waals surface area contributed by atoms with Gasteiger partial charge in [-0.3, -0.25) is 19.2 Å². The van der Waals surface area contributed by atoms with Crippen molar-refractivity contribution in [3.8, 4) is 0 Å². The molecule has 8 rings (SSSR count). The van der Waals surface area contributed by atoms with Gasteiger partial charge in [-0.15, -0.1) is 5.73 Å². The number of rotatable bonds is 8. The van der Waals surface area contributed by atoms with E-state index in [1.54, 1.807) is 0 Å².